The standard InChI is InChI=1S/C27H23NO4/c29-25(30)17-9-11-18(12-10-17)27-13-19(27)14-28(16-27)26(31)32-15-24-22-7-3-1-5-20(22)21-6-2-4-8-23(21)24/h1-12,19,24H,13-16H2,(H,29,30). The summed E-state index contributed by atoms with van der Waals surface area (Å²) in [5, 5.41) is 9.13. The summed E-state index contributed by atoms with van der Waals surface area (Å²) in [5.41, 5.74) is 6.20. The zero-order chi connectivity index (χ0) is 21.9. The van der Waals surface area contributed by atoms with Crippen LogP contribution >= 0.6 is 0 Å². The Balaban J connectivity index is 1.15. The van der Waals surface area contributed by atoms with Crippen LogP contribution < -0.4 is 0 Å². The first-order valence-corrected chi connectivity index (χ1v) is 11.0. The van der Waals surface area contributed by atoms with Crippen LogP contribution in [0.25, 0.3) is 11.1 Å². The molecule has 2 fully saturated rings. The maximum Gasteiger partial charge on any atom is 0.409 e. The highest BCUT2D eigenvalue weighted by Gasteiger charge is 2.62. The van der Waals surface area contributed by atoms with Crippen molar-refractivity contribution in [3.63, 3.8) is 0 Å². The third kappa shape index (κ3) is 2.84. The Morgan fingerprint density at radius 1 is 0.938 bits per heavy atom. The molecule has 6 rings (SSSR count). The van der Waals surface area contributed by atoms with E-state index in [1.807, 2.05) is 41.3 Å². The van der Waals surface area contributed by atoms with Crippen LogP contribution in [0.3, 0.4) is 0 Å². The monoisotopic (exact) mass is 425 g/mol. The third-order valence-corrected chi connectivity index (χ3v) is 7.45. The van der Waals surface area contributed by atoms with Crippen molar-refractivity contribution in [1.29, 1.82) is 0 Å². The number of rotatable bonds is 4. The van der Waals surface area contributed by atoms with Crippen LogP contribution in [0.1, 0.15) is 39.4 Å². The van der Waals surface area contributed by atoms with Crippen LogP contribution in [-0.4, -0.2) is 41.8 Å². The Kier molecular flexibility index (Phi) is 4.15. The first-order chi connectivity index (χ1) is 15.6. The van der Waals surface area contributed by atoms with Crippen molar-refractivity contribution in [2.75, 3.05) is 19.7 Å². The number of carbonyl (C=O) groups is 2. The Hall–Kier alpha value is -3.60. The molecular formula is C27H23NO4. The zero-order valence-electron chi connectivity index (χ0n) is 17.5. The van der Waals surface area contributed by atoms with Crippen LogP contribution in [0.4, 0.5) is 4.79 Å². The second kappa shape index (κ2) is 6.95. The molecule has 1 aliphatic heterocycles. The minimum atomic E-state index is -0.923. The van der Waals surface area contributed by atoms with Crippen LogP contribution in [-0.2, 0) is 10.2 Å². The van der Waals surface area contributed by atoms with Crippen molar-refractivity contribution in [2.24, 2.45) is 5.92 Å². The van der Waals surface area contributed by atoms with Crippen molar-refractivity contribution >= 4 is 12.1 Å². The highest BCUT2D eigenvalue weighted by molar-refractivity contribution is 5.87. The predicted molar refractivity (Wildman–Crippen MR) is 120 cm³/mol. The number of piperidine rings is 1. The number of nitrogens with zero attached hydrogens (tertiary/aromatic N) is 1. The number of amides is 1. The van der Waals surface area contributed by atoms with Gasteiger partial charge < -0.3 is 14.7 Å². The smallest absolute Gasteiger partial charge is 0.409 e. The molecule has 3 aromatic rings. The maximum atomic E-state index is 12.9. The van der Waals surface area contributed by atoms with Gasteiger partial charge in [-0.05, 0) is 52.3 Å². The summed E-state index contributed by atoms with van der Waals surface area (Å²) in [4.78, 5) is 25.9. The first kappa shape index (κ1) is 19.1. The molecule has 1 saturated carbocycles. The number of ether oxygens (including phenoxy) is 1. The van der Waals surface area contributed by atoms with E-state index in [0.29, 0.717) is 25.6 Å². The maximum absolute atomic E-state index is 12.9. The number of carboxylic acid groups (broad SMARTS) is 1. The molecule has 5 nitrogen and oxygen atoms in total. The fraction of sp³-hybridized carbons (Fsp3) is 0.259. The summed E-state index contributed by atoms with van der Waals surface area (Å²) < 4.78 is 5.83. The van der Waals surface area contributed by atoms with Gasteiger partial charge in [-0.25, -0.2) is 9.59 Å². The second-order valence-corrected chi connectivity index (χ2v) is 9.12. The second-order valence-electron chi connectivity index (χ2n) is 9.12. The van der Waals surface area contributed by atoms with E-state index in [9.17, 15) is 9.59 Å². The van der Waals surface area contributed by atoms with Gasteiger partial charge in [0, 0.05) is 24.4 Å². The van der Waals surface area contributed by atoms with Crippen molar-refractivity contribution in [3.05, 3.63) is 95.1 Å². The predicted octanol–water partition coefficient (Wildman–Crippen LogP) is 4.91. The molecule has 1 N–H and O–H groups in total. The highest BCUT2D eigenvalue weighted by Crippen LogP contribution is 2.59. The average Bonchev–Trinajstić information content (AvgIpc) is 3.24. The van der Waals surface area contributed by atoms with Crippen molar-refractivity contribution < 1.29 is 19.4 Å². The molecule has 1 heterocycles. The van der Waals surface area contributed by atoms with E-state index in [4.69, 9.17) is 9.84 Å². The van der Waals surface area contributed by atoms with Crippen LogP contribution in [0, 0.1) is 5.92 Å². The van der Waals surface area contributed by atoms with Gasteiger partial charge in [-0.15, -0.1) is 0 Å². The third-order valence-electron chi connectivity index (χ3n) is 7.45. The lowest BCUT2D eigenvalue weighted by atomic mass is 9.94. The molecule has 3 aliphatic rings. The van der Waals surface area contributed by atoms with Gasteiger partial charge in [0.25, 0.3) is 0 Å². The number of carbonyl (C=O) groups excluding carboxylic acids is 1. The van der Waals surface area contributed by atoms with Crippen LogP contribution in [0.2, 0.25) is 0 Å². The van der Waals surface area contributed by atoms with Gasteiger partial charge >= 0.3 is 12.1 Å². The van der Waals surface area contributed by atoms with E-state index in [2.05, 4.69) is 24.3 Å². The number of carboxylic acids is 1. The quantitative estimate of drug-likeness (QED) is 0.645. The van der Waals surface area contributed by atoms with E-state index in [1.54, 1.807) is 12.1 Å². The molecule has 0 aromatic heterocycles. The summed E-state index contributed by atoms with van der Waals surface area (Å²) in [6, 6.07) is 23.7. The van der Waals surface area contributed by atoms with Gasteiger partial charge in [-0.2, -0.15) is 0 Å². The normalized spacial score (nSPS) is 22.8. The van der Waals surface area contributed by atoms with Crippen molar-refractivity contribution in [2.45, 2.75) is 17.8 Å². The summed E-state index contributed by atoms with van der Waals surface area (Å²) in [6.07, 6.45) is 0.771. The van der Waals surface area contributed by atoms with E-state index < -0.39 is 5.97 Å². The lowest BCUT2D eigenvalue weighted by molar-refractivity contribution is 0.0696. The molecule has 0 bridgehead atoms. The molecular weight excluding hydrogens is 402 g/mol. The number of benzene rings is 3. The first-order valence-electron chi connectivity index (χ1n) is 11.0. The number of hydrogen-bond donors (Lipinski definition) is 1. The van der Waals surface area contributed by atoms with E-state index in [0.717, 1.165) is 12.0 Å². The van der Waals surface area contributed by atoms with Gasteiger partial charge in [0.15, 0.2) is 0 Å². The molecule has 2 atom stereocenters. The molecule has 0 spiro atoms. The van der Waals surface area contributed by atoms with E-state index in [-0.39, 0.29) is 23.0 Å². The lowest BCUT2D eigenvalue weighted by Crippen LogP contribution is -2.34. The molecule has 0 radical (unpaired) electrons. The lowest BCUT2D eigenvalue weighted by Gasteiger charge is -2.22. The van der Waals surface area contributed by atoms with E-state index >= 15 is 0 Å². The van der Waals surface area contributed by atoms with Gasteiger partial charge in [0.1, 0.15) is 6.61 Å². The number of fused-ring (bicyclic) bond motifs is 4. The topological polar surface area (TPSA) is 66.8 Å². The number of aromatic carboxylic acids is 1. The molecule has 1 saturated heterocycles. The molecule has 3 aromatic carbocycles. The fourth-order valence-corrected chi connectivity index (χ4v) is 5.70. The van der Waals surface area contributed by atoms with Crippen LogP contribution in [0.5, 0.6) is 0 Å². The summed E-state index contributed by atoms with van der Waals surface area (Å²) in [5.74, 6) is -0.451. The highest BCUT2D eigenvalue weighted by atomic mass is 16.6. The summed E-state index contributed by atoms with van der Waals surface area (Å²) in [6.45, 7) is 1.65. The Labute approximate surface area is 186 Å². The molecule has 32 heavy (non-hydrogen) atoms. The zero-order valence-corrected chi connectivity index (χ0v) is 17.5. The average molecular weight is 425 g/mol. The SMILES string of the molecule is O=C(O)c1ccc(C23CC2CN(C(=O)OCC2c4ccccc4-c4ccccc42)C3)cc1. The van der Waals surface area contributed by atoms with Gasteiger partial charge in [-0.1, -0.05) is 60.7 Å². The fourth-order valence-electron chi connectivity index (χ4n) is 5.70. The van der Waals surface area contributed by atoms with Crippen molar-refractivity contribution in [1.82, 2.24) is 4.90 Å². The minimum Gasteiger partial charge on any atom is -0.478 e. The molecule has 2 aliphatic carbocycles. The van der Waals surface area contributed by atoms with Gasteiger partial charge in [0.05, 0.1) is 5.56 Å². The van der Waals surface area contributed by atoms with Crippen molar-refractivity contribution in [3.8, 4) is 11.1 Å². The van der Waals surface area contributed by atoms with Crippen LogP contribution in [0.15, 0.2) is 72.8 Å². The minimum absolute atomic E-state index is 0.0530. The van der Waals surface area contributed by atoms with Gasteiger partial charge in [-0.3, -0.25) is 0 Å². The molecule has 5 heteroatoms. The Morgan fingerprint density at radius 2 is 1.56 bits per heavy atom. The number of hydrogen-bond acceptors (Lipinski definition) is 3. The molecule has 2 unspecified atom stereocenters. The Bertz CT molecular complexity index is 1190. The van der Waals surface area contributed by atoms with Gasteiger partial charge in [0.2, 0.25) is 0 Å². The summed E-state index contributed by atoms with van der Waals surface area (Å²) >= 11 is 0. The molecule has 1 amide bonds. The molecule has 160 valence electrons. The largest absolute Gasteiger partial charge is 0.478 e. The summed E-state index contributed by atoms with van der Waals surface area (Å²) in [7, 11) is 0. The Morgan fingerprint density at radius 3 is 2.19 bits per heavy atom. The van der Waals surface area contributed by atoms with E-state index in [1.165, 1.54) is 22.3 Å². The number of likely N-dealkylation sites (tertiary alicyclic amines) is 1.